The molecule has 126 valence electrons. The number of sulfonamides is 1. The number of carbonyl (C=O) groups excluding carboxylic acids is 2. The van der Waals surface area contributed by atoms with Crippen molar-refractivity contribution in [3.63, 3.8) is 0 Å². The second-order valence-electron chi connectivity index (χ2n) is 4.94. The first-order valence-corrected chi connectivity index (χ1v) is 9.12. The van der Waals surface area contributed by atoms with Crippen LogP contribution in [0.25, 0.3) is 0 Å². The van der Waals surface area contributed by atoms with E-state index in [-0.39, 0.29) is 23.1 Å². The van der Waals surface area contributed by atoms with E-state index in [0.717, 1.165) is 6.42 Å². The molecule has 0 radical (unpaired) electrons. The number of carbonyl (C=O) groups is 2. The van der Waals surface area contributed by atoms with Crippen molar-refractivity contribution in [1.82, 2.24) is 0 Å². The highest BCUT2D eigenvalue weighted by Gasteiger charge is 2.27. The van der Waals surface area contributed by atoms with Gasteiger partial charge in [0.05, 0.1) is 23.1 Å². The van der Waals surface area contributed by atoms with Crippen LogP contribution in [0.2, 0.25) is 5.02 Å². The lowest BCUT2D eigenvalue weighted by Gasteiger charge is -2.29. The zero-order chi connectivity index (χ0) is 17.0. The summed E-state index contributed by atoms with van der Waals surface area (Å²) in [7, 11) is -3.37. The summed E-state index contributed by atoms with van der Waals surface area (Å²) in [4.78, 5) is 22.8. The van der Waals surface area contributed by atoms with Crippen LogP contribution in [0.3, 0.4) is 0 Å². The fourth-order valence-corrected chi connectivity index (χ4v) is 4.21. The molecular formula is C14H17ClN2O5S. The smallest absolute Gasteiger partial charge is 0.397 e. The third-order valence-corrected chi connectivity index (χ3v) is 5.44. The fourth-order valence-electron chi connectivity index (χ4n) is 2.23. The first kappa shape index (κ1) is 17.6. The molecule has 23 heavy (non-hydrogen) atoms. The molecule has 1 saturated heterocycles. The summed E-state index contributed by atoms with van der Waals surface area (Å²) >= 11 is 6.14. The molecule has 0 unspecified atom stereocenters. The average Bonchev–Trinajstić information content (AvgIpc) is 2.48. The Morgan fingerprint density at radius 3 is 2.70 bits per heavy atom. The molecule has 9 heteroatoms. The van der Waals surface area contributed by atoms with E-state index in [0.29, 0.717) is 18.7 Å². The van der Waals surface area contributed by atoms with E-state index < -0.39 is 21.9 Å². The molecule has 1 heterocycles. The maximum Gasteiger partial charge on any atom is 0.397 e. The molecule has 0 saturated carbocycles. The van der Waals surface area contributed by atoms with Gasteiger partial charge in [-0.05, 0) is 38.0 Å². The Labute approximate surface area is 139 Å². The Balaban J connectivity index is 2.18. The Bertz CT molecular complexity index is 720. The Kier molecular flexibility index (Phi) is 5.48. The minimum Gasteiger partial charge on any atom is -0.459 e. The summed E-state index contributed by atoms with van der Waals surface area (Å²) in [5, 5.41) is 2.53. The summed E-state index contributed by atoms with van der Waals surface area (Å²) in [6, 6.07) is 4.40. The summed E-state index contributed by atoms with van der Waals surface area (Å²) in [6.45, 7) is 2.06. The second-order valence-corrected chi connectivity index (χ2v) is 7.36. The molecule has 0 aromatic heterocycles. The number of benzene rings is 1. The third-order valence-electron chi connectivity index (χ3n) is 3.28. The first-order valence-electron chi connectivity index (χ1n) is 7.13. The van der Waals surface area contributed by atoms with Crippen LogP contribution in [0.4, 0.5) is 11.4 Å². The molecule has 0 atom stereocenters. The quantitative estimate of drug-likeness (QED) is 0.655. The number of esters is 1. The lowest BCUT2D eigenvalue weighted by Crippen LogP contribution is -2.38. The highest BCUT2D eigenvalue weighted by Crippen LogP contribution is 2.32. The zero-order valence-electron chi connectivity index (χ0n) is 12.5. The first-order chi connectivity index (χ1) is 10.8. The normalized spacial score (nSPS) is 16.7. The van der Waals surface area contributed by atoms with Gasteiger partial charge in [-0.2, -0.15) is 0 Å². The van der Waals surface area contributed by atoms with Gasteiger partial charge in [-0.15, -0.1) is 0 Å². The van der Waals surface area contributed by atoms with Gasteiger partial charge in [0.1, 0.15) is 0 Å². The second kappa shape index (κ2) is 7.18. The van der Waals surface area contributed by atoms with Gasteiger partial charge in [0.15, 0.2) is 0 Å². The van der Waals surface area contributed by atoms with E-state index >= 15 is 0 Å². The Hall–Kier alpha value is -1.80. The number of anilines is 2. The molecule has 1 fully saturated rings. The monoisotopic (exact) mass is 360 g/mol. The van der Waals surface area contributed by atoms with Gasteiger partial charge >= 0.3 is 11.9 Å². The summed E-state index contributed by atoms with van der Waals surface area (Å²) < 4.78 is 30.0. The van der Waals surface area contributed by atoms with Crippen LogP contribution < -0.4 is 9.62 Å². The van der Waals surface area contributed by atoms with Crippen LogP contribution in [-0.2, 0) is 24.3 Å². The van der Waals surface area contributed by atoms with Crippen LogP contribution in [0.15, 0.2) is 18.2 Å². The molecule has 0 aliphatic carbocycles. The van der Waals surface area contributed by atoms with Gasteiger partial charge in [0.2, 0.25) is 10.0 Å². The van der Waals surface area contributed by atoms with E-state index in [9.17, 15) is 18.0 Å². The third kappa shape index (κ3) is 4.14. The van der Waals surface area contributed by atoms with Crippen LogP contribution in [0, 0.1) is 0 Å². The Morgan fingerprint density at radius 2 is 2.09 bits per heavy atom. The topological polar surface area (TPSA) is 92.8 Å². The van der Waals surface area contributed by atoms with Crippen molar-refractivity contribution in [2.45, 2.75) is 19.8 Å². The lowest BCUT2D eigenvalue weighted by atomic mass is 10.2. The number of ether oxygens (including phenoxy) is 1. The highest BCUT2D eigenvalue weighted by molar-refractivity contribution is 7.92. The largest absolute Gasteiger partial charge is 0.459 e. The van der Waals surface area contributed by atoms with Crippen LogP contribution in [0.5, 0.6) is 0 Å². The Morgan fingerprint density at radius 1 is 1.35 bits per heavy atom. The molecule has 1 aromatic carbocycles. The number of nitrogens with one attached hydrogen (secondary N) is 1. The van der Waals surface area contributed by atoms with Crippen molar-refractivity contribution in [2.24, 2.45) is 0 Å². The van der Waals surface area contributed by atoms with Gasteiger partial charge in [-0.3, -0.25) is 9.10 Å². The molecule has 1 aliphatic heterocycles. The maximum atomic E-state index is 12.1. The standard InChI is InChI=1S/C14H17ClN2O5S/c1-2-22-14(19)13(18)16-10-5-6-12(11(15)9-10)17-7-3-4-8-23(17,20)21/h5-6,9H,2-4,7-8H2,1H3,(H,16,18). The van der Waals surface area contributed by atoms with Gasteiger partial charge in [0, 0.05) is 12.2 Å². The molecular weight excluding hydrogens is 344 g/mol. The van der Waals surface area contributed by atoms with Crippen molar-refractivity contribution in [3.8, 4) is 0 Å². The number of rotatable bonds is 3. The van der Waals surface area contributed by atoms with Crippen molar-refractivity contribution in [1.29, 1.82) is 0 Å². The van der Waals surface area contributed by atoms with E-state index in [1.165, 1.54) is 22.5 Å². The minimum atomic E-state index is -3.37. The predicted molar refractivity (Wildman–Crippen MR) is 87.1 cm³/mol. The SMILES string of the molecule is CCOC(=O)C(=O)Nc1ccc(N2CCCCS2(=O)=O)c(Cl)c1. The zero-order valence-corrected chi connectivity index (χ0v) is 14.1. The highest BCUT2D eigenvalue weighted by atomic mass is 35.5. The lowest BCUT2D eigenvalue weighted by molar-refractivity contribution is -0.152. The van der Waals surface area contributed by atoms with Gasteiger partial charge in [-0.1, -0.05) is 11.6 Å². The summed E-state index contributed by atoms with van der Waals surface area (Å²) in [6.07, 6.45) is 1.39. The molecule has 1 aliphatic rings. The van der Waals surface area contributed by atoms with E-state index in [4.69, 9.17) is 11.6 Å². The van der Waals surface area contributed by atoms with Crippen molar-refractivity contribution < 1.29 is 22.7 Å². The molecule has 0 bridgehead atoms. The van der Waals surface area contributed by atoms with E-state index in [1.54, 1.807) is 6.92 Å². The number of hydrogen-bond donors (Lipinski definition) is 1. The van der Waals surface area contributed by atoms with Gasteiger partial charge in [0.25, 0.3) is 0 Å². The summed E-state index contributed by atoms with van der Waals surface area (Å²) in [5.41, 5.74) is 0.645. The number of halogens is 1. The van der Waals surface area contributed by atoms with Crippen LogP contribution in [0.1, 0.15) is 19.8 Å². The van der Waals surface area contributed by atoms with E-state index in [1.807, 2.05) is 0 Å². The number of amides is 1. The summed E-state index contributed by atoms with van der Waals surface area (Å²) in [5.74, 6) is -1.82. The van der Waals surface area contributed by atoms with E-state index in [2.05, 4.69) is 10.1 Å². The van der Waals surface area contributed by atoms with Crippen molar-refractivity contribution in [2.75, 3.05) is 28.5 Å². The number of hydrogen-bond acceptors (Lipinski definition) is 5. The molecule has 1 amide bonds. The molecule has 0 spiro atoms. The fraction of sp³-hybridized carbons (Fsp3) is 0.429. The van der Waals surface area contributed by atoms with Crippen LogP contribution >= 0.6 is 11.6 Å². The minimum absolute atomic E-state index is 0.0880. The average molecular weight is 361 g/mol. The molecule has 1 N–H and O–H groups in total. The van der Waals surface area contributed by atoms with Crippen molar-refractivity contribution >= 4 is 44.9 Å². The molecule has 1 aromatic rings. The maximum absolute atomic E-state index is 12.1. The number of nitrogens with zero attached hydrogens (tertiary/aromatic N) is 1. The van der Waals surface area contributed by atoms with Gasteiger partial charge < -0.3 is 10.1 Å². The van der Waals surface area contributed by atoms with Gasteiger partial charge in [-0.25, -0.2) is 13.2 Å². The molecule has 2 rings (SSSR count). The predicted octanol–water partition coefficient (Wildman–Crippen LogP) is 1.77. The van der Waals surface area contributed by atoms with Crippen LogP contribution in [-0.4, -0.2) is 39.2 Å². The molecule has 7 nitrogen and oxygen atoms in total. The van der Waals surface area contributed by atoms with Crippen molar-refractivity contribution in [3.05, 3.63) is 23.2 Å².